The maximum Gasteiger partial charge on any atom is 0.205 e. The average molecular weight is 221 g/mol. The molecule has 1 fully saturated rings. The summed E-state index contributed by atoms with van der Waals surface area (Å²) in [6.45, 7) is 3.05. The van der Waals surface area contributed by atoms with Gasteiger partial charge in [-0.25, -0.2) is 4.98 Å². The summed E-state index contributed by atoms with van der Waals surface area (Å²) in [5.41, 5.74) is 0. The average Bonchev–Trinajstić information content (AvgIpc) is 2.77. The van der Waals surface area contributed by atoms with E-state index in [1.165, 1.54) is 0 Å². The molecule has 1 aliphatic rings. The third-order valence-electron chi connectivity index (χ3n) is 3.41. The van der Waals surface area contributed by atoms with Gasteiger partial charge in [-0.05, 0) is 19.8 Å². The number of nitrogens with zero attached hydrogens (tertiary/aromatic N) is 3. The van der Waals surface area contributed by atoms with Crippen molar-refractivity contribution in [3.05, 3.63) is 12.4 Å². The van der Waals surface area contributed by atoms with E-state index in [0.29, 0.717) is 11.8 Å². The highest BCUT2D eigenvalue weighted by molar-refractivity contribution is 5.79. The van der Waals surface area contributed by atoms with E-state index in [4.69, 9.17) is 0 Å². The standard InChI is InChI=1S/C12H19N3O/c1-3-15-9-8-13-12(15)14(2)10-4-6-11(16)7-5-10/h8-10H,3-7H2,1-2H3. The van der Waals surface area contributed by atoms with Gasteiger partial charge >= 0.3 is 0 Å². The van der Waals surface area contributed by atoms with E-state index in [2.05, 4.69) is 28.4 Å². The molecule has 4 heteroatoms. The highest BCUT2D eigenvalue weighted by atomic mass is 16.1. The Morgan fingerprint density at radius 3 is 2.81 bits per heavy atom. The Labute approximate surface area is 96.3 Å². The van der Waals surface area contributed by atoms with E-state index >= 15 is 0 Å². The van der Waals surface area contributed by atoms with Crippen LogP contribution < -0.4 is 4.90 Å². The highest BCUT2D eigenvalue weighted by Crippen LogP contribution is 2.23. The maximum atomic E-state index is 11.2. The van der Waals surface area contributed by atoms with Crippen LogP contribution in [-0.4, -0.2) is 28.4 Å². The van der Waals surface area contributed by atoms with Crippen molar-refractivity contribution in [3.8, 4) is 0 Å². The fourth-order valence-corrected chi connectivity index (χ4v) is 2.34. The van der Waals surface area contributed by atoms with Crippen LogP contribution in [0, 0.1) is 0 Å². The monoisotopic (exact) mass is 221 g/mol. The molecule has 0 saturated heterocycles. The Balaban J connectivity index is 2.07. The van der Waals surface area contributed by atoms with Crippen LogP contribution in [0.3, 0.4) is 0 Å². The fourth-order valence-electron chi connectivity index (χ4n) is 2.34. The number of ketones is 1. The lowest BCUT2D eigenvalue weighted by molar-refractivity contribution is -0.120. The van der Waals surface area contributed by atoms with Crippen molar-refractivity contribution in [2.24, 2.45) is 0 Å². The molecule has 0 amide bonds. The van der Waals surface area contributed by atoms with Gasteiger partial charge in [0.15, 0.2) is 0 Å². The second-order valence-corrected chi connectivity index (χ2v) is 4.39. The minimum atomic E-state index is 0.406. The smallest absolute Gasteiger partial charge is 0.205 e. The van der Waals surface area contributed by atoms with E-state index in [0.717, 1.165) is 38.2 Å². The third kappa shape index (κ3) is 2.10. The van der Waals surface area contributed by atoms with E-state index in [-0.39, 0.29) is 0 Å². The number of anilines is 1. The first-order chi connectivity index (χ1) is 7.72. The van der Waals surface area contributed by atoms with Crippen molar-refractivity contribution in [2.75, 3.05) is 11.9 Å². The molecule has 1 aromatic heterocycles. The number of aryl methyl sites for hydroxylation is 1. The van der Waals surface area contributed by atoms with Crippen LogP contribution in [0.5, 0.6) is 0 Å². The van der Waals surface area contributed by atoms with Gasteiger partial charge in [0.25, 0.3) is 0 Å². The predicted octanol–water partition coefficient (Wildman–Crippen LogP) is 1.85. The quantitative estimate of drug-likeness (QED) is 0.781. The van der Waals surface area contributed by atoms with Crippen molar-refractivity contribution >= 4 is 11.7 Å². The normalized spacial score (nSPS) is 17.8. The number of rotatable bonds is 3. The molecule has 1 saturated carbocycles. The number of carbonyl (C=O) groups is 1. The number of carbonyl (C=O) groups excluding carboxylic acids is 1. The van der Waals surface area contributed by atoms with Gasteiger partial charge in [-0.3, -0.25) is 4.79 Å². The molecule has 1 heterocycles. The molecule has 0 atom stereocenters. The molecule has 2 rings (SSSR count). The van der Waals surface area contributed by atoms with E-state index < -0.39 is 0 Å². The van der Waals surface area contributed by atoms with Crippen LogP contribution in [0.2, 0.25) is 0 Å². The Morgan fingerprint density at radius 1 is 1.50 bits per heavy atom. The number of imidazole rings is 1. The molecule has 0 aromatic carbocycles. The van der Waals surface area contributed by atoms with Gasteiger partial charge < -0.3 is 9.47 Å². The van der Waals surface area contributed by atoms with Crippen LogP contribution >= 0.6 is 0 Å². The molecular formula is C12H19N3O. The van der Waals surface area contributed by atoms with Gasteiger partial charge in [0.05, 0.1) is 0 Å². The van der Waals surface area contributed by atoms with Crippen LogP contribution in [0.4, 0.5) is 5.95 Å². The Kier molecular flexibility index (Phi) is 3.27. The van der Waals surface area contributed by atoms with Crippen molar-refractivity contribution in [1.29, 1.82) is 0 Å². The summed E-state index contributed by atoms with van der Waals surface area (Å²) < 4.78 is 2.14. The van der Waals surface area contributed by atoms with Gasteiger partial charge in [0.1, 0.15) is 5.78 Å². The zero-order valence-corrected chi connectivity index (χ0v) is 10.0. The Bertz CT molecular complexity index is 362. The molecular weight excluding hydrogens is 202 g/mol. The Hall–Kier alpha value is -1.32. The molecule has 0 N–H and O–H groups in total. The van der Waals surface area contributed by atoms with E-state index in [9.17, 15) is 4.79 Å². The molecule has 16 heavy (non-hydrogen) atoms. The van der Waals surface area contributed by atoms with Crippen LogP contribution in [-0.2, 0) is 11.3 Å². The Morgan fingerprint density at radius 2 is 2.19 bits per heavy atom. The molecule has 1 aliphatic carbocycles. The zero-order chi connectivity index (χ0) is 11.5. The van der Waals surface area contributed by atoms with Gasteiger partial charge in [-0.1, -0.05) is 0 Å². The first-order valence-corrected chi connectivity index (χ1v) is 5.98. The predicted molar refractivity (Wildman–Crippen MR) is 63.6 cm³/mol. The summed E-state index contributed by atoms with van der Waals surface area (Å²) in [5, 5.41) is 0. The summed E-state index contributed by atoms with van der Waals surface area (Å²) in [6, 6.07) is 0.463. The van der Waals surface area contributed by atoms with Gasteiger partial charge in [-0.2, -0.15) is 0 Å². The van der Waals surface area contributed by atoms with Crippen molar-refractivity contribution in [1.82, 2.24) is 9.55 Å². The molecule has 0 aliphatic heterocycles. The number of Topliss-reactive ketones (excluding diaryl/α,β-unsaturated/α-hetero) is 1. The van der Waals surface area contributed by atoms with Gasteiger partial charge in [0, 0.05) is 44.9 Å². The minimum absolute atomic E-state index is 0.406. The number of hydrogen-bond donors (Lipinski definition) is 0. The number of hydrogen-bond acceptors (Lipinski definition) is 3. The summed E-state index contributed by atoms with van der Waals surface area (Å²) >= 11 is 0. The van der Waals surface area contributed by atoms with E-state index in [1.54, 1.807) is 0 Å². The second kappa shape index (κ2) is 4.68. The molecule has 0 spiro atoms. The van der Waals surface area contributed by atoms with Crippen molar-refractivity contribution in [3.63, 3.8) is 0 Å². The minimum Gasteiger partial charge on any atom is -0.342 e. The van der Waals surface area contributed by atoms with Crippen LogP contribution in [0.25, 0.3) is 0 Å². The molecule has 4 nitrogen and oxygen atoms in total. The topological polar surface area (TPSA) is 38.1 Å². The summed E-state index contributed by atoms with van der Waals surface area (Å²) in [5.74, 6) is 1.42. The zero-order valence-electron chi connectivity index (χ0n) is 10.0. The summed E-state index contributed by atoms with van der Waals surface area (Å²) in [7, 11) is 2.08. The lowest BCUT2D eigenvalue weighted by Crippen LogP contribution is -2.36. The summed E-state index contributed by atoms with van der Waals surface area (Å²) in [6.07, 6.45) is 7.21. The molecule has 1 aromatic rings. The lowest BCUT2D eigenvalue weighted by Gasteiger charge is -2.31. The molecule has 0 bridgehead atoms. The largest absolute Gasteiger partial charge is 0.342 e. The van der Waals surface area contributed by atoms with Gasteiger partial charge in [-0.15, -0.1) is 0 Å². The lowest BCUT2D eigenvalue weighted by atomic mass is 9.93. The molecule has 0 radical (unpaired) electrons. The van der Waals surface area contributed by atoms with Gasteiger partial charge in [0.2, 0.25) is 5.95 Å². The maximum absolute atomic E-state index is 11.2. The SMILES string of the molecule is CCn1ccnc1N(C)C1CCC(=O)CC1. The third-order valence-corrected chi connectivity index (χ3v) is 3.41. The van der Waals surface area contributed by atoms with Crippen LogP contribution in [0.1, 0.15) is 32.6 Å². The van der Waals surface area contributed by atoms with Crippen molar-refractivity contribution in [2.45, 2.75) is 45.2 Å². The molecule has 88 valence electrons. The van der Waals surface area contributed by atoms with Crippen LogP contribution in [0.15, 0.2) is 12.4 Å². The van der Waals surface area contributed by atoms with Crippen molar-refractivity contribution < 1.29 is 4.79 Å². The molecule has 0 unspecified atom stereocenters. The second-order valence-electron chi connectivity index (χ2n) is 4.39. The van der Waals surface area contributed by atoms with E-state index in [1.807, 2.05) is 12.4 Å². The first kappa shape index (κ1) is 11.2. The highest BCUT2D eigenvalue weighted by Gasteiger charge is 2.24. The fraction of sp³-hybridized carbons (Fsp3) is 0.667. The first-order valence-electron chi connectivity index (χ1n) is 5.98. The summed E-state index contributed by atoms with van der Waals surface area (Å²) in [4.78, 5) is 17.8. The number of aromatic nitrogens is 2.